The van der Waals surface area contributed by atoms with Crippen LogP contribution in [-0.2, 0) is 11.2 Å². The maximum atomic E-state index is 6.07. The van der Waals surface area contributed by atoms with Crippen molar-refractivity contribution >= 4 is 11.3 Å². The lowest BCUT2D eigenvalue weighted by atomic mass is 10.1. The quantitative estimate of drug-likeness (QED) is 0.902. The normalized spacial score (nSPS) is 26.5. The van der Waals surface area contributed by atoms with Crippen molar-refractivity contribution in [3.8, 4) is 0 Å². The van der Waals surface area contributed by atoms with E-state index in [0.717, 1.165) is 26.0 Å². The SMILES string of the molecule is CCc1ccc(C(CN)N2CC(C)OCC2CC)s1. The second-order valence-electron chi connectivity index (χ2n) is 5.31. The van der Waals surface area contributed by atoms with E-state index in [9.17, 15) is 0 Å². The summed E-state index contributed by atoms with van der Waals surface area (Å²) in [5.74, 6) is 0. The number of nitrogens with zero attached hydrogens (tertiary/aromatic N) is 1. The molecular weight excluding hydrogens is 256 g/mol. The summed E-state index contributed by atoms with van der Waals surface area (Å²) in [7, 11) is 0. The second-order valence-corrected chi connectivity index (χ2v) is 6.51. The Morgan fingerprint density at radius 1 is 1.47 bits per heavy atom. The van der Waals surface area contributed by atoms with Gasteiger partial charge in [0.05, 0.1) is 18.8 Å². The smallest absolute Gasteiger partial charge is 0.0675 e. The highest BCUT2D eigenvalue weighted by molar-refractivity contribution is 7.12. The van der Waals surface area contributed by atoms with Crippen molar-refractivity contribution in [3.63, 3.8) is 0 Å². The van der Waals surface area contributed by atoms with Crippen LogP contribution in [0.5, 0.6) is 0 Å². The zero-order valence-electron chi connectivity index (χ0n) is 12.3. The van der Waals surface area contributed by atoms with E-state index in [-0.39, 0.29) is 0 Å². The van der Waals surface area contributed by atoms with Gasteiger partial charge in [0, 0.05) is 28.9 Å². The molecule has 0 aliphatic carbocycles. The molecule has 19 heavy (non-hydrogen) atoms. The number of thiophene rings is 1. The molecule has 0 bridgehead atoms. The summed E-state index contributed by atoms with van der Waals surface area (Å²) in [6.07, 6.45) is 2.54. The molecule has 0 amide bonds. The van der Waals surface area contributed by atoms with Crippen molar-refractivity contribution in [1.82, 2.24) is 4.90 Å². The summed E-state index contributed by atoms with van der Waals surface area (Å²) in [6, 6.07) is 5.35. The van der Waals surface area contributed by atoms with Crippen LogP contribution in [0.1, 0.15) is 43.0 Å². The van der Waals surface area contributed by atoms with Crippen LogP contribution in [0.4, 0.5) is 0 Å². The molecule has 2 N–H and O–H groups in total. The molecule has 1 aliphatic rings. The first-order valence-electron chi connectivity index (χ1n) is 7.35. The zero-order valence-corrected chi connectivity index (χ0v) is 13.1. The van der Waals surface area contributed by atoms with Gasteiger partial charge in [0.2, 0.25) is 0 Å². The number of hydrogen-bond acceptors (Lipinski definition) is 4. The van der Waals surface area contributed by atoms with Gasteiger partial charge in [0.15, 0.2) is 0 Å². The number of nitrogens with two attached hydrogens (primary N) is 1. The van der Waals surface area contributed by atoms with E-state index in [1.807, 2.05) is 11.3 Å². The van der Waals surface area contributed by atoms with E-state index in [0.29, 0.717) is 24.7 Å². The van der Waals surface area contributed by atoms with Gasteiger partial charge >= 0.3 is 0 Å². The molecule has 0 spiro atoms. The third kappa shape index (κ3) is 3.37. The van der Waals surface area contributed by atoms with Crippen molar-refractivity contribution < 1.29 is 4.74 Å². The number of morpholine rings is 1. The molecule has 4 heteroatoms. The molecule has 2 rings (SSSR count). The van der Waals surface area contributed by atoms with Crippen molar-refractivity contribution in [2.45, 2.75) is 51.8 Å². The van der Waals surface area contributed by atoms with Crippen molar-refractivity contribution in [1.29, 1.82) is 0 Å². The van der Waals surface area contributed by atoms with Crippen LogP contribution in [0.15, 0.2) is 12.1 Å². The summed E-state index contributed by atoms with van der Waals surface area (Å²) in [4.78, 5) is 5.41. The van der Waals surface area contributed by atoms with E-state index in [1.54, 1.807) is 0 Å². The zero-order chi connectivity index (χ0) is 13.8. The molecular formula is C15H26N2OS. The second kappa shape index (κ2) is 6.84. The largest absolute Gasteiger partial charge is 0.376 e. The van der Waals surface area contributed by atoms with Gasteiger partial charge in [-0.15, -0.1) is 11.3 Å². The van der Waals surface area contributed by atoms with Crippen LogP contribution in [0, 0.1) is 0 Å². The Kier molecular flexibility index (Phi) is 5.39. The number of ether oxygens (including phenoxy) is 1. The lowest BCUT2D eigenvalue weighted by Crippen LogP contribution is -2.51. The fourth-order valence-electron chi connectivity index (χ4n) is 2.78. The summed E-state index contributed by atoms with van der Waals surface area (Å²) in [6.45, 7) is 9.10. The first-order chi connectivity index (χ1) is 9.19. The van der Waals surface area contributed by atoms with E-state index in [4.69, 9.17) is 10.5 Å². The van der Waals surface area contributed by atoms with E-state index in [2.05, 4.69) is 37.8 Å². The molecule has 1 saturated heterocycles. The molecule has 3 unspecified atom stereocenters. The fourth-order valence-corrected chi connectivity index (χ4v) is 3.87. The predicted molar refractivity (Wildman–Crippen MR) is 81.7 cm³/mol. The third-order valence-electron chi connectivity index (χ3n) is 3.96. The molecule has 108 valence electrons. The highest BCUT2D eigenvalue weighted by atomic mass is 32.1. The van der Waals surface area contributed by atoms with Crippen LogP contribution in [-0.4, -0.2) is 36.7 Å². The fraction of sp³-hybridized carbons (Fsp3) is 0.733. The first-order valence-corrected chi connectivity index (χ1v) is 8.17. The number of hydrogen-bond donors (Lipinski definition) is 1. The standard InChI is InChI=1S/C15H26N2OS/c1-4-12-10-18-11(3)9-17(12)14(8-16)15-7-6-13(5-2)19-15/h6-7,11-12,14H,4-5,8-10,16H2,1-3H3. The van der Waals surface area contributed by atoms with Gasteiger partial charge in [-0.1, -0.05) is 13.8 Å². The Bertz CT molecular complexity index is 393. The van der Waals surface area contributed by atoms with Crippen LogP contribution in [0.2, 0.25) is 0 Å². The van der Waals surface area contributed by atoms with Gasteiger partial charge in [0.1, 0.15) is 0 Å². The summed E-state index contributed by atoms with van der Waals surface area (Å²) >= 11 is 1.91. The van der Waals surface area contributed by atoms with Gasteiger partial charge in [0.25, 0.3) is 0 Å². The van der Waals surface area contributed by atoms with E-state index in [1.165, 1.54) is 9.75 Å². The number of rotatable bonds is 5. The van der Waals surface area contributed by atoms with E-state index >= 15 is 0 Å². The molecule has 1 fully saturated rings. The molecule has 0 aromatic carbocycles. The van der Waals surface area contributed by atoms with Crippen molar-refractivity contribution in [3.05, 3.63) is 21.9 Å². The molecule has 1 aromatic heterocycles. The Morgan fingerprint density at radius 2 is 2.26 bits per heavy atom. The van der Waals surface area contributed by atoms with Crippen LogP contribution < -0.4 is 5.73 Å². The molecule has 0 radical (unpaired) electrons. The lowest BCUT2D eigenvalue weighted by molar-refractivity contribution is -0.0714. The minimum atomic E-state index is 0.308. The number of aryl methyl sites for hydroxylation is 1. The van der Waals surface area contributed by atoms with Gasteiger partial charge in [-0.2, -0.15) is 0 Å². The molecule has 0 saturated carbocycles. The minimum absolute atomic E-state index is 0.308. The first kappa shape index (κ1) is 15.0. The molecule has 1 aliphatic heterocycles. The summed E-state index contributed by atoms with van der Waals surface area (Å²) in [5, 5.41) is 0. The third-order valence-corrected chi connectivity index (χ3v) is 5.30. The van der Waals surface area contributed by atoms with Gasteiger partial charge in [-0.05, 0) is 31.9 Å². The van der Waals surface area contributed by atoms with Crippen molar-refractivity contribution in [2.24, 2.45) is 5.73 Å². The molecule has 1 aromatic rings. The maximum Gasteiger partial charge on any atom is 0.0675 e. The van der Waals surface area contributed by atoms with Gasteiger partial charge in [-0.25, -0.2) is 0 Å². The Hall–Kier alpha value is -0.420. The molecule has 2 heterocycles. The Morgan fingerprint density at radius 3 is 2.84 bits per heavy atom. The minimum Gasteiger partial charge on any atom is -0.376 e. The highest BCUT2D eigenvalue weighted by Crippen LogP contribution is 2.31. The van der Waals surface area contributed by atoms with Crippen molar-refractivity contribution in [2.75, 3.05) is 19.7 Å². The molecule has 3 atom stereocenters. The van der Waals surface area contributed by atoms with Crippen LogP contribution >= 0.6 is 11.3 Å². The molecule has 3 nitrogen and oxygen atoms in total. The van der Waals surface area contributed by atoms with Gasteiger partial charge in [-0.3, -0.25) is 4.90 Å². The monoisotopic (exact) mass is 282 g/mol. The van der Waals surface area contributed by atoms with E-state index < -0.39 is 0 Å². The average molecular weight is 282 g/mol. The highest BCUT2D eigenvalue weighted by Gasteiger charge is 2.31. The Balaban J connectivity index is 2.18. The summed E-state index contributed by atoms with van der Waals surface area (Å²) in [5.41, 5.74) is 6.07. The van der Waals surface area contributed by atoms with Crippen LogP contribution in [0.25, 0.3) is 0 Å². The predicted octanol–water partition coefficient (Wildman–Crippen LogP) is 2.81. The topological polar surface area (TPSA) is 38.5 Å². The average Bonchev–Trinajstić information content (AvgIpc) is 2.89. The summed E-state index contributed by atoms with van der Waals surface area (Å²) < 4.78 is 5.79. The van der Waals surface area contributed by atoms with Gasteiger partial charge < -0.3 is 10.5 Å². The Labute approximate surface area is 120 Å². The van der Waals surface area contributed by atoms with Crippen LogP contribution in [0.3, 0.4) is 0 Å². The maximum absolute atomic E-state index is 6.07. The lowest BCUT2D eigenvalue weighted by Gasteiger charge is -2.42.